The van der Waals surface area contributed by atoms with Gasteiger partial charge in [-0.2, -0.15) is 5.26 Å². The van der Waals surface area contributed by atoms with Crippen LogP contribution in [0.25, 0.3) is 0 Å². The van der Waals surface area contributed by atoms with Crippen molar-refractivity contribution in [3.05, 3.63) is 16.0 Å². The van der Waals surface area contributed by atoms with E-state index in [1.807, 2.05) is 11.8 Å². The van der Waals surface area contributed by atoms with Crippen molar-refractivity contribution >= 4 is 28.2 Å². The predicted octanol–water partition coefficient (Wildman–Crippen LogP) is 1.69. The molecular formula is C23H33N5O3S. The Hall–Kier alpha value is -1.99. The zero-order valence-electron chi connectivity index (χ0n) is 18.9. The van der Waals surface area contributed by atoms with E-state index in [0.29, 0.717) is 43.4 Å². The Kier molecular flexibility index (Phi) is 7.79. The molecule has 0 bridgehead atoms. The molecule has 1 atom stereocenters. The number of carbonyl (C=O) groups is 2. The van der Waals surface area contributed by atoms with Crippen LogP contribution < -0.4 is 5.32 Å². The minimum Gasteiger partial charge on any atom is -0.378 e. The number of nitrogens with one attached hydrogen (secondary N) is 1. The molecule has 1 aromatic heterocycles. The molecule has 8 nitrogen and oxygen atoms in total. The van der Waals surface area contributed by atoms with Crippen molar-refractivity contribution in [2.24, 2.45) is 0 Å². The normalized spacial score (nSPS) is 21.3. The lowest BCUT2D eigenvalue weighted by atomic mass is 10.1. The fourth-order valence-corrected chi connectivity index (χ4v) is 5.99. The van der Waals surface area contributed by atoms with Crippen LogP contribution in [0.2, 0.25) is 0 Å². The predicted molar refractivity (Wildman–Crippen MR) is 124 cm³/mol. The van der Waals surface area contributed by atoms with Gasteiger partial charge < -0.3 is 15.0 Å². The van der Waals surface area contributed by atoms with Crippen molar-refractivity contribution in [1.29, 1.82) is 5.26 Å². The summed E-state index contributed by atoms with van der Waals surface area (Å²) in [4.78, 5) is 32.9. The summed E-state index contributed by atoms with van der Waals surface area (Å²) >= 11 is 1.58. The van der Waals surface area contributed by atoms with Crippen LogP contribution in [0, 0.1) is 11.3 Å². The largest absolute Gasteiger partial charge is 0.378 e. The number of thiophene rings is 1. The number of amides is 2. The van der Waals surface area contributed by atoms with Gasteiger partial charge >= 0.3 is 0 Å². The molecule has 2 amide bonds. The molecule has 0 aromatic carbocycles. The molecule has 1 aromatic rings. The number of nitriles is 1. The molecule has 0 unspecified atom stereocenters. The molecule has 2 saturated heterocycles. The average Bonchev–Trinajstić information content (AvgIpc) is 2.98. The van der Waals surface area contributed by atoms with Gasteiger partial charge in [-0.3, -0.25) is 19.4 Å². The van der Waals surface area contributed by atoms with Crippen molar-refractivity contribution in [2.45, 2.75) is 45.1 Å². The second-order valence-electron chi connectivity index (χ2n) is 8.85. The lowest BCUT2D eigenvalue weighted by Gasteiger charge is -2.38. The number of carbonyl (C=O) groups excluding carboxylic acids is 2. The van der Waals surface area contributed by atoms with Crippen LogP contribution >= 0.6 is 11.3 Å². The Bertz CT molecular complexity index is 866. The maximum Gasteiger partial charge on any atom is 0.242 e. The van der Waals surface area contributed by atoms with Crippen LogP contribution in [0.15, 0.2) is 0 Å². The summed E-state index contributed by atoms with van der Waals surface area (Å²) in [7, 11) is 0. The minimum atomic E-state index is -0.277. The molecule has 0 radical (unpaired) electrons. The number of piperazine rings is 1. The third-order valence-corrected chi connectivity index (χ3v) is 8.03. The Labute approximate surface area is 194 Å². The summed E-state index contributed by atoms with van der Waals surface area (Å²) < 4.78 is 5.32. The van der Waals surface area contributed by atoms with Gasteiger partial charge in [0.25, 0.3) is 0 Å². The van der Waals surface area contributed by atoms with Gasteiger partial charge in [0, 0.05) is 44.1 Å². The number of anilines is 1. The van der Waals surface area contributed by atoms with E-state index in [9.17, 15) is 14.9 Å². The van der Waals surface area contributed by atoms with Crippen molar-refractivity contribution in [1.82, 2.24) is 14.7 Å². The first-order valence-corrected chi connectivity index (χ1v) is 12.6. The Morgan fingerprint density at radius 2 is 1.81 bits per heavy atom. The zero-order valence-corrected chi connectivity index (χ0v) is 19.7. The van der Waals surface area contributed by atoms with Crippen molar-refractivity contribution in [3.8, 4) is 6.07 Å². The molecule has 3 heterocycles. The van der Waals surface area contributed by atoms with Crippen LogP contribution in [-0.4, -0.2) is 91.6 Å². The number of ether oxygens (including phenoxy) is 1. The molecule has 2 fully saturated rings. The molecule has 32 heavy (non-hydrogen) atoms. The van der Waals surface area contributed by atoms with Gasteiger partial charge in [-0.15, -0.1) is 11.3 Å². The minimum absolute atomic E-state index is 0.0595. The van der Waals surface area contributed by atoms with Gasteiger partial charge in [-0.1, -0.05) is 6.42 Å². The number of hydrogen-bond acceptors (Lipinski definition) is 7. The van der Waals surface area contributed by atoms with Crippen LogP contribution in [0.3, 0.4) is 0 Å². The molecular weight excluding hydrogens is 426 g/mol. The monoisotopic (exact) mass is 459 g/mol. The highest BCUT2D eigenvalue weighted by molar-refractivity contribution is 7.16. The quantitative estimate of drug-likeness (QED) is 0.674. The summed E-state index contributed by atoms with van der Waals surface area (Å²) in [6.07, 6.45) is 5.41. The van der Waals surface area contributed by atoms with Gasteiger partial charge in [0.1, 0.15) is 11.1 Å². The van der Waals surface area contributed by atoms with Crippen LogP contribution in [0.5, 0.6) is 0 Å². The van der Waals surface area contributed by atoms with E-state index in [4.69, 9.17) is 4.74 Å². The Morgan fingerprint density at radius 1 is 1.09 bits per heavy atom. The summed E-state index contributed by atoms with van der Waals surface area (Å²) in [5, 5.41) is 13.5. The highest BCUT2D eigenvalue weighted by Crippen LogP contribution is 2.37. The lowest BCUT2D eigenvalue weighted by Crippen LogP contribution is -2.55. The fraction of sp³-hybridized carbons (Fsp3) is 0.696. The van der Waals surface area contributed by atoms with E-state index in [1.165, 1.54) is 11.3 Å². The standard InChI is InChI=1S/C23H33N5O3S/c1-17(22(30)25-23-19(15-24)18-5-3-2-4-6-20(18)32-23)27-9-7-26(8-10-27)16-21(29)28-11-13-31-14-12-28/h17H,2-14,16H2,1H3,(H,25,30)/t17-/m1/s1. The molecule has 1 aliphatic carbocycles. The lowest BCUT2D eigenvalue weighted by molar-refractivity contribution is -0.137. The number of fused-ring (bicyclic) bond motifs is 1. The van der Waals surface area contributed by atoms with E-state index in [-0.39, 0.29) is 17.9 Å². The van der Waals surface area contributed by atoms with Gasteiger partial charge in [0.2, 0.25) is 11.8 Å². The fourth-order valence-electron chi connectivity index (χ4n) is 4.74. The topological polar surface area (TPSA) is 88.9 Å². The van der Waals surface area contributed by atoms with Crippen molar-refractivity contribution < 1.29 is 14.3 Å². The molecule has 174 valence electrons. The Balaban J connectivity index is 1.29. The molecule has 2 aliphatic heterocycles. The average molecular weight is 460 g/mol. The zero-order chi connectivity index (χ0) is 22.5. The first-order chi connectivity index (χ1) is 15.6. The third kappa shape index (κ3) is 5.31. The molecule has 0 spiro atoms. The Morgan fingerprint density at radius 3 is 2.53 bits per heavy atom. The SMILES string of the molecule is C[C@H](C(=O)Nc1sc2c(c1C#N)CCCCC2)N1CCN(CC(=O)N2CCOCC2)CC1. The second-order valence-corrected chi connectivity index (χ2v) is 9.96. The number of nitrogens with zero attached hydrogens (tertiary/aromatic N) is 4. The number of hydrogen-bond donors (Lipinski definition) is 1. The first-order valence-electron chi connectivity index (χ1n) is 11.7. The maximum absolute atomic E-state index is 13.0. The molecule has 4 rings (SSSR count). The van der Waals surface area contributed by atoms with E-state index >= 15 is 0 Å². The van der Waals surface area contributed by atoms with Crippen molar-refractivity contribution in [3.63, 3.8) is 0 Å². The summed E-state index contributed by atoms with van der Waals surface area (Å²) in [5.41, 5.74) is 1.82. The van der Waals surface area contributed by atoms with Crippen LogP contribution in [0.4, 0.5) is 5.00 Å². The maximum atomic E-state index is 13.0. The smallest absolute Gasteiger partial charge is 0.242 e. The number of morpholine rings is 1. The number of rotatable bonds is 5. The van der Waals surface area contributed by atoms with Crippen LogP contribution in [-0.2, 0) is 27.2 Å². The van der Waals surface area contributed by atoms with Gasteiger partial charge in [0.05, 0.1) is 31.4 Å². The van der Waals surface area contributed by atoms with Crippen LogP contribution in [0.1, 0.15) is 42.2 Å². The highest BCUT2D eigenvalue weighted by Gasteiger charge is 2.29. The molecule has 0 saturated carbocycles. The molecule has 1 N–H and O–H groups in total. The summed E-state index contributed by atoms with van der Waals surface area (Å²) in [6.45, 7) is 7.97. The van der Waals surface area contributed by atoms with Gasteiger partial charge in [-0.25, -0.2) is 0 Å². The second kappa shape index (κ2) is 10.8. The first kappa shape index (κ1) is 23.2. The number of aryl methyl sites for hydroxylation is 1. The van der Waals surface area contributed by atoms with Gasteiger partial charge in [-0.05, 0) is 38.2 Å². The third-order valence-electron chi connectivity index (χ3n) is 6.83. The van der Waals surface area contributed by atoms with E-state index in [2.05, 4.69) is 21.2 Å². The van der Waals surface area contributed by atoms with E-state index in [1.54, 1.807) is 11.3 Å². The summed E-state index contributed by atoms with van der Waals surface area (Å²) in [5.74, 6) is 0.102. The highest BCUT2D eigenvalue weighted by atomic mass is 32.1. The molecule has 9 heteroatoms. The molecule has 3 aliphatic rings. The van der Waals surface area contributed by atoms with E-state index < -0.39 is 0 Å². The van der Waals surface area contributed by atoms with E-state index in [0.717, 1.165) is 57.4 Å². The summed E-state index contributed by atoms with van der Waals surface area (Å²) in [6, 6.07) is 2.06. The van der Waals surface area contributed by atoms with Gasteiger partial charge in [0.15, 0.2) is 0 Å². The van der Waals surface area contributed by atoms with Crippen molar-refractivity contribution in [2.75, 3.05) is 64.3 Å².